The first-order chi connectivity index (χ1) is 8.76. The molecule has 0 spiro atoms. The largest absolute Gasteiger partial charge is 0.380 e. The zero-order valence-corrected chi connectivity index (χ0v) is 12.1. The van der Waals surface area contributed by atoms with Crippen molar-refractivity contribution < 1.29 is 9.53 Å². The minimum absolute atomic E-state index is 0.307. The molecule has 0 unspecified atom stereocenters. The van der Waals surface area contributed by atoms with E-state index in [9.17, 15) is 4.79 Å². The Morgan fingerprint density at radius 2 is 1.72 bits per heavy atom. The fourth-order valence-corrected chi connectivity index (χ4v) is 1.90. The lowest BCUT2D eigenvalue weighted by molar-refractivity contribution is -0.131. The highest BCUT2D eigenvalue weighted by Crippen LogP contribution is 2.05. The topological polar surface area (TPSA) is 55.6 Å². The van der Waals surface area contributed by atoms with Crippen LogP contribution in [-0.2, 0) is 9.53 Å². The second kappa shape index (κ2) is 12.8. The molecular weight excluding hydrogens is 228 g/mol. The van der Waals surface area contributed by atoms with E-state index in [1.807, 2.05) is 4.90 Å². The Bertz CT molecular complexity index is 192. The molecule has 0 atom stereocenters. The van der Waals surface area contributed by atoms with Gasteiger partial charge >= 0.3 is 0 Å². The van der Waals surface area contributed by atoms with Gasteiger partial charge in [0.15, 0.2) is 0 Å². The lowest BCUT2D eigenvalue weighted by Gasteiger charge is -2.21. The van der Waals surface area contributed by atoms with Crippen molar-refractivity contribution in [2.45, 2.75) is 52.4 Å². The third-order valence-electron chi connectivity index (χ3n) is 2.78. The third-order valence-corrected chi connectivity index (χ3v) is 2.78. The molecule has 0 rings (SSSR count). The predicted octanol–water partition coefficient (Wildman–Crippen LogP) is 2.17. The van der Waals surface area contributed by atoms with E-state index in [0.29, 0.717) is 25.5 Å². The molecule has 108 valence electrons. The van der Waals surface area contributed by atoms with Crippen molar-refractivity contribution in [1.29, 1.82) is 0 Å². The molecule has 1 amide bonds. The van der Waals surface area contributed by atoms with Crippen molar-refractivity contribution in [2.75, 3.05) is 32.8 Å². The number of unbranched alkanes of at least 4 members (excludes halogenated alkanes) is 2. The molecule has 0 radical (unpaired) electrons. The molecule has 0 aromatic carbocycles. The maximum Gasteiger partial charge on any atom is 0.222 e. The van der Waals surface area contributed by atoms with Gasteiger partial charge in [0.25, 0.3) is 0 Å². The highest BCUT2D eigenvalue weighted by atomic mass is 16.5. The van der Waals surface area contributed by atoms with E-state index in [2.05, 4.69) is 13.8 Å². The molecule has 0 bridgehead atoms. The van der Waals surface area contributed by atoms with Crippen LogP contribution < -0.4 is 5.73 Å². The Balaban J connectivity index is 3.54. The maximum absolute atomic E-state index is 11.9. The highest BCUT2D eigenvalue weighted by molar-refractivity contribution is 5.76. The average Bonchev–Trinajstić information content (AvgIpc) is 2.37. The summed E-state index contributed by atoms with van der Waals surface area (Å²) < 4.78 is 5.29. The number of hydrogen-bond acceptors (Lipinski definition) is 3. The molecule has 0 aliphatic rings. The Labute approximate surface area is 112 Å². The zero-order valence-electron chi connectivity index (χ0n) is 12.1. The SMILES string of the molecule is CCCN(CCC)C(=O)CCCCCOCCN. The quantitative estimate of drug-likeness (QED) is 0.546. The number of amides is 1. The van der Waals surface area contributed by atoms with Gasteiger partial charge in [-0.2, -0.15) is 0 Å². The fraction of sp³-hybridized carbons (Fsp3) is 0.929. The van der Waals surface area contributed by atoms with Gasteiger partial charge in [-0.25, -0.2) is 0 Å². The van der Waals surface area contributed by atoms with Gasteiger partial charge in [0, 0.05) is 32.7 Å². The van der Waals surface area contributed by atoms with Gasteiger partial charge in [-0.3, -0.25) is 4.79 Å². The maximum atomic E-state index is 11.9. The fourth-order valence-electron chi connectivity index (χ4n) is 1.90. The third kappa shape index (κ3) is 9.42. The van der Waals surface area contributed by atoms with E-state index in [0.717, 1.165) is 51.8 Å². The van der Waals surface area contributed by atoms with Crippen LogP contribution in [0, 0.1) is 0 Å². The normalized spacial score (nSPS) is 10.6. The van der Waals surface area contributed by atoms with E-state index in [1.165, 1.54) is 0 Å². The lowest BCUT2D eigenvalue weighted by atomic mass is 10.2. The van der Waals surface area contributed by atoms with Crippen LogP contribution in [-0.4, -0.2) is 43.7 Å². The minimum atomic E-state index is 0.307. The van der Waals surface area contributed by atoms with E-state index < -0.39 is 0 Å². The molecule has 18 heavy (non-hydrogen) atoms. The predicted molar refractivity (Wildman–Crippen MR) is 75.5 cm³/mol. The standard InChI is InChI=1S/C14H30N2O2/c1-3-10-16(11-4-2)14(17)8-6-5-7-12-18-13-9-15/h3-13,15H2,1-2H3. The van der Waals surface area contributed by atoms with Crippen LogP contribution in [0.15, 0.2) is 0 Å². The second-order valence-electron chi connectivity index (χ2n) is 4.59. The first-order valence-electron chi connectivity index (χ1n) is 7.31. The van der Waals surface area contributed by atoms with Crippen molar-refractivity contribution in [1.82, 2.24) is 4.90 Å². The van der Waals surface area contributed by atoms with Crippen LogP contribution in [0.3, 0.4) is 0 Å². The number of carbonyl (C=O) groups excluding carboxylic acids is 1. The monoisotopic (exact) mass is 258 g/mol. The molecule has 0 aromatic heterocycles. The minimum Gasteiger partial charge on any atom is -0.380 e. The Morgan fingerprint density at radius 3 is 2.28 bits per heavy atom. The smallest absolute Gasteiger partial charge is 0.222 e. The lowest BCUT2D eigenvalue weighted by Crippen LogP contribution is -2.32. The molecule has 4 nitrogen and oxygen atoms in total. The Hall–Kier alpha value is -0.610. The zero-order chi connectivity index (χ0) is 13.6. The van der Waals surface area contributed by atoms with E-state index in [1.54, 1.807) is 0 Å². The molecule has 0 saturated carbocycles. The molecule has 2 N–H and O–H groups in total. The van der Waals surface area contributed by atoms with Crippen LogP contribution in [0.2, 0.25) is 0 Å². The van der Waals surface area contributed by atoms with Crippen LogP contribution >= 0.6 is 0 Å². The molecule has 0 heterocycles. The first-order valence-corrected chi connectivity index (χ1v) is 7.31. The van der Waals surface area contributed by atoms with E-state index in [4.69, 9.17) is 10.5 Å². The molecule has 4 heteroatoms. The summed E-state index contributed by atoms with van der Waals surface area (Å²) in [5.74, 6) is 0.307. The van der Waals surface area contributed by atoms with Gasteiger partial charge in [0.2, 0.25) is 5.91 Å². The molecule has 0 aliphatic heterocycles. The van der Waals surface area contributed by atoms with Crippen LogP contribution in [0.25, 0.3) is 0 Å². The van der Waals surface area contributed by atoms with Crippen molar-refractivity contribution in [3.63, 3.8) is 0 Å². The van der Waals surface area contributed by atoms with Gasteiger partial charge in [-0.15, -0.1) is 0 Å². The average molecular weight is 258 g/mol. The van der Waals surface area contributed by atoms with Crippen LogP contribution in [0.1, 0.15) is 52.4 Å². The summed E-state index contributed by atoms with van der Waals surface area (Å²) in [4.78, 5) is 13.9. The van der Waals surface area contributed by atoms with Crippen molar-refractivity contribution in [3.8, 4) is 0 Å². The molecule has 0 fully saturated rings. The van der Waals surface area contributed by atoms with Gasteiger partial charge in [0.1, 0.15) is 0 Å². The number of ether oxygens (including phenoxy) is 1. The van der Waals surface area contributed by atoms with Crippen molar-refractivity contribution >= 4 is 5.91 Å². The van der Waals surface area contributed by atoms with E-state index in [-0.39, 0.29) is 0 Å². The number of nitrogens with two attached hydrogens (primary N) is 1. The van der Waals surface area contributed by atoms with Crippen molar-refractivity contribution in [2.24, 2.45) is 5.73 Å². The van der Waals surface area contributed by atoms with Gasteiger partial charge in [-0.1, -0.05) is 20.3 Å². The number of rotatable bonds is 12. The van der Waals surface area contributed by atoms with Crippen LogP contribution in [0.4, 0.5) is 0 Å². The van der Waals surface area contributed by atoms with Crippen molar-refractivity contribution in [3.05, 3.63) is 0 Å². The summed E-state index contributed by atoms with van der Waals surface area (Å²) in [7, 11) is 0. The molecule has 0 saturated heterocycles. The highest BCUT2D eigenvalue weighted by Gasteiger charge is 2.10. The summed E-state index contributed by atoms with van der Waals surface area (Å²) in [6.07, 6.45) is 5.81. The number of carbonyl (C=O) groups is 1. The number of nitrogens with zero attached hydrogens (tertiary/aromatic N) is 1. The Kier molecular flexibility index (Phi) is 12.4. The van der Waals surface area contributed by atoms with Gasteiger partial charge < -0.3 is 15.4 Å². The summed E-state index contributed by atoms with van der Waals surface area (Å²) in [5, 5.41) is 0. The summed E-state index contributed by atoms with van der Waals surface area (Å²) >= 11 is 0. The Morgan fingerprint density at radius 1 is 1.06 bits per heavy atom. The van der Waals surface area contributed by atoms with Gasteiger partial charge in [0.05, 0.1) is 6.61 Å². The molecular formula is C14H30N2O2. The molecule has 0 aliphatic carbocycles. The second-order valence-corrected chi connectivity index (χ2v) is 4.59. The summed E-state index contributed by atoms with van der Waals surface area (Å²) in [6.45, 7) is 8.01. The van der Waals surface area contributed by atoms with E-state index >= 15 is 0 Å². The number of hydrogen-bond donors (Lipinski definition) is 1. The van der Waals surface area contributed by atoms with Gasteiger partial charge in [-0.05, 0) is 25.7 Å². The molecule has 0 aromatic rings. The first kappa shape index (κ1) is 17.4. The van der Waals surface area contributed by atoms with Crippen LogP contribution in [0.5, 0.6) is 0 Å². The summed E-state index contributed by atoms with van der Waals surface area (Å²) in [6, 6.07) is 0. The summed E-state index contributed by atoms with van der Waals surface area (Å²) in [5.41, 5.74) is 5.32.